The zero-order valence-corrected chi connectivity index (χ0v) is 17.8. The summed E-state index contributed by atoms with van der Waals surface area (Å²) in [7, 11) is 0. The van der Waals surface area contributed by atoms with Gasteiger partial charge >= 0.3 is 0 Å². The predicted molar refractivity (Wildman–Crippen MR) is 114 cm³/mol. The molecule has 1 aliphatic heterocycles. The number of hydrogen-bond donors (Lipinski definition) is 1. The van der Waals surface area contributed by atoms with Crippen LogP contribution >= 0.6 is 0 Å². The molecule has 6 heteroatoms. The molecule has 1 heterocycles. The molecular weight excluding hydrogens is 383 g/mol. The van der Waals surface area contributed by atoms with Crippen LogP contribution in [0.25, 0.3) is 11.1 Å². The van der Waals surface area contributed by atoms with Crippen molar-refractivity contribution in [1.29, 1.82) is 0 Å². The number of ether oxygens (including phenoxy) is 1. The summed E-state index contributed by atoms with van der Waals surface area (Å²) in [5.41, 5.74) is 1.52. The fourth-order valence-electron chi connectivity index (χ4n) is 3.88. The van der Waals surface area contributed by atoms with Gasteiger partial charge < -0.3 is 15.0 Å². The number of morpholine rings is 1. The van der Waals surface area contributed by atoms with Gasteiger partial charge in [0.25, 0.3) is 5.91 Å². The first kappa shape index (κ1) is 22.0. The minimum Gasteiger partial charge on any atom is -0.361 e. The fraction of sp³-hybridized carbons (Fsp3) is 0.417. The summed E-state index contributed by atoms with van der Waals surface area (Å²) < 4.78 is 19.5. The molecule has 3 rings (SSSR count). The SMILES string of the molecule is CCNC(=O)[C@@]1(Cc2ccccc2-c2ccc(F)cc2)CN(C(=O)C(C)C)CCO1. The Bertz CT molecular complexity index is 898. The molecule has 1 fully saturated rings. The molecule has 0 aliphatic carbocycles. The van der Waals surface area contributed by atoms with Gasteiger partial charge in [-0.15, -0.1) is 0 Å². The highest BCUT2D eigenvalue weighted by molar-refractivity contribution is 5.88. The maximum Gasteiger partial charge on any atom is 0.254 e. The lowest BCUT2D eigenvalue weighted by Crippen LogP contribution is -2.62. The molecule has 30 heavy (non-hydrogen) atoms. The number of benzene rings is 2. The molecule has 2 aromatic carbocycles. The van der Waals surface area contributed by atoms with Crippen molar-refractivity contribution in [3.8, 4) is 11.1 Å². The summed E-state index contributed by atoms with van der Waals surface area (Å²) in [6.07, 6.45) is 0.314. The third kappa shape index (κ3) is 4.70. The molecule has 2 aromatic rings. The number of hydrogen-bond acceptors (Lipinski definition) is 3. The van der Waals surface area contributed by atoms with Crippen LogP contribution in [0, 0.1) is 11.7 Å². The largest absolute Gasteiger partial charge is 0.361 e. The summed E-state index contributed by atoms with van der Waals surface area (Å²) in [4.78, 5) is 27.5. The number of halogens is 1. The molecule has 0 spiro atoms. The quantitative estimate of drug-likeness (QED) is 0.791. The van der Waals surface area contributed by atoms with Crippen molar-refractivity contribution in [3.05, 3.63) is 59.9 Å². The molecule has 0 unspecified atom stereocenters. The van der Waals surface area contributed by atoms with Gasteiger partial charge in [-0.2, -0.15) is 0 Å². The van der Waals surface area contributed by atoms with E-state index in [-0.39, 0.29) is 30.1 Å². The van der Waals surface area contributed by atoms with Crippen molar-refractivity contribution < 1.29 is 18.7 Å². The molecular formula is C24H29FN2O3. The second-order valence-corrected chi connectivity index (χ2v) is 7.96. The Morgan fingerprint density at radius 2 is 1.87 bits per heavy atom. The van der Waals surface area contributed by atoms with Gasteiger partial charge in [-0.1, -0.05) is 50.2 Å². The zero-order valence-electron chi connectivity index (χ0n) is 17.8. The lowest BCUT2D eigenvalue weighted by Gasteiger charge is -2.42. The van der Waals surface area contributed by atoms with Crippen LogP contribution in [0.2, 0.25) is 0 Å². The van der Waals surface area contributed by atoms with Gasteiger partial charge in [-0.05, 0) is 35.7 Å². The average Bonchev–Trinajstić information content (AvgIpc) is 2.74. The van der Waals surface area contributed by atoms with Gasteiger partial charge in [0, 0.05) is 25.4 Å². The zero-order chi connectivity index (χ0) is 21.7. The van der Waals surface area contributed by atoms with Gasteiger partial charge in [0.05, 0.1) is 13.2 Å². The number of nitrogens with zero attached hydrogens (tertiary/aromatic N) is 1. The van der Waals surface area contributed by atoms with Crippen molar-refractivity contribution in [2.45, 2.75) is 32.8 Å². The second kappa shape index (κ2) is 9.39. The molecule has 0 aromatic heterocycles. The van der Waals surface area contributed by atoms with Gasteiger partial charge in [-0.25, -0.2) is 4.39 Å². The molecule has 1 aliphatic rings. The van der Waals surface area contributed by atoms with Gasteiger partial charge in [0.15, 0.2) is 5.60 Å². The average molecular weight is 413 g/mol. The molecule has 0 bridgehead atoms. The molecule has 1 N–H and O–H groups in total. The smallest absolute Gasteiger partial charge is 0.254 e. The maximum absolute atomic E-state index is 13.4. The minimum atomic E-state index is -1.17. The lowest BCUT2D eigenvalue weighted by atomic mass is 9.87. The topological polar surface area (TPSA) is 58.6 Å². The van der Waals surface area contributed by atoms with Crippen molar-refractivity contribution in [1.82, 2.24) is 10.2 Å². The first-order chi connectivity index (χ1) is 14.4. The minimum absolute atomic E-state index is 0.0128. The van der Waals surface area contributed by atoms with Crippen molar-refractivity contribution >= 4 is 11.8 Å². The van der Waals surface area contributed by atoms with Gasteiger partial charge in [0.2, 0.25) is 5.91 Å². The van der Waals surface area contributed by atoms with E-state index in [0.717, 1.165) is 16.7 Å². The second-order valence-electron chi connectivity index (χ2n) is 7.96. The van der Waals surface area contributed by atoms with Crippen LogP contribution in [0.3, 0.4) is 0 Å². The van der Waals surface area contributed by atoms with Crippen LogP contribution in [-0.4, -0.2) is 48.6 Å². The number of nitrogens with one attached hydrogen (secondary N) is 1. The Hall–Kier alpha value is -2.73. The van der Waals surface area contributed by atoms with Crippen LogP contribution in [-0.2, 0) is 20.7 Å². The van der Waals surface area contributed by atoms with Crippen molar-refractivity contribution in [3.63, 3.8) is 0 Å². The third-order valence-electron chi connectivity index (χ3n) is 5.39. The molecule has 1 atom stereocenters. The summed E-state index contributed by atoms with van der Waals surface area (Å²) in [5, 5.41) is 2.88. The molecule has 0 radical (unpaired) electrons. The summed E-state index contributed by atoms with van der Waals surface area (Å²) in [6.45, 7) is 7.02. The van der Waals surface area contributed by atoms with Crippen molar-refractivity contribution in [2.75, 3.05) is 26.2 Å². The Morgan fingerprint density at radius 3 is 2.53 bits per heavy atom. The van der Waals surface area contributed by atoms with E-state index in [1.165, 1.54) is 12.1 Å². The van der Waals surface area contributed by atoms with E-state index < -0.39 is 5.60 Å². The van der Waals surface area contributed by atoms with E-state index in [0.29, 0.717) is 26.1 Å². The molecule has 160 valence electrons. The Balaban J connectivity index is 1.98. The molecule has 1 saturated heterocycles. The maximum atomic E-state index is 13.4. The van der Waals surface area contributed by atoms with Crippen LogP contribution in [0.1, 0.15) is 26.3 Å². The number of likely N-dealkylation sites (N-methyl/N-ethyl adjacent to an activating group) is 1. The van der Waals surface area contributed by atoms with E-state index in [1.807, 2.05) is 45.0 Å². The Labute approximate surface area is 177 Å². The number of rotatable bonds is 6. The first-order valence-corrected chi connectivity index (χ1v) is 10.4. The van der Waals surface area contributed by atoms with E-state index in [2.05, 4.69) is 5.32 Å². The standard InChI is InChI=1S/C24H29FN2O3/c1-4-26-23(29)24(16-27(13-14-30-24)22(28)17(2)3)15-19-7-5-6-8-21(19)18-9-11-20(25)12-10-18/h5-12,17H,4,13-16H2,1-3H3,(H,26,29)/t24-/m1/s1. The van der Waals surface area contributed by atoms with E-state index in [9.17, 15) is 14.0 Å². The predicted octanol–water partition coefficient (Wildman–Crippen LogP) is 3.42. The third-order valence-corrected chi connectivity index (χ3v) is 5.39. The van der Waals surface area contributed by atoms with E-state index in [4.69, 9.17) is 4.74 Å². The molecule has 5 nitrogen and oxygen atoms in total. The van der Waals surface area contributed by atoms with Gasteiger partial charge in [-0.3, -0.25) is 9.59 Å². The summed E-state index contributed by atoms with van der Waals surface area (Å²) >= 11 is 0. The van der Waals surface area contributed by atoms with Crippen molar-refractivity contribution in [2.24, 2.45) is 5.92 Å². The number of carbonyl (C=O) groups is 2. The lowest BCUT2D eigenvalue weighted by molar-refractivity contribution is -0.167. The molecule has 2 amide bonds. The normalized spacial score (nSPS) is 19.0. The Morgan fingerprint density at radius 1 is 1.17 bits per heavy atom. The highest BCUT2D eigenvalue weighted by Crippen LogP contribution is 2.31. The van der Waals surface area contributed by atoms with Crippen LogP contribution < -0.4 is 5.32 Å². The Kier molecular flexibility index (Phi) is 6.87. The van der Waals surface area contributed by atoms with E-state index >= 15 is 0 Å². The van der Waals surface area contributed by atoms with Crippen LogP contribution in [0.5, 0.6) is 0 Å². The number of amides is 2. The van der Waals surface area contributed by atoms with Crippen LogP contribution in [0.15, 0.2) is 48.5 Å². The van der Waals surface area contributed by atoms with Gasteiger partial charge in [0.1, 0.15) is 5.82 Å². The summed E-state index contributed by atoms with van der Waals surface area (Å²) in [6, 6.07) is 14.0. The highest BCUT2D eigenvalue weighted by atomic mass is 19.1. The monoisotopic (exact) mass is 412 g/mol. The first-order valence-electron chi connectivity index (χ1n) is 10.4. The highest BCUT2D eigenvalue weighted by Gasteiger charge is 2.45. The summed E-state index contributed by atoms with van der Waals surface area (Å²) in [5.74, 6) is -0.658. The number of carbonyl (C=O) groups excluding carboxylic acids is 2. The fourth-order valence-corrected chi connectivity index (χ4v) is 3.88. The molecule has 0 saturated carbocycles. The van der Waals surface area contributed by atoms with E-state index in [1.54, 1.807) is 17.0 Å². The van der Waals surface area contributed by atoms with Crippen LogP contribution in [0.4, 0.5) is 4.39 Å².